The normalized spacial score (nSPS) is 11.3. The summed E-state index contributed by atoms with van der Waals surface area (Å²) in [4.78, 5) is 11.6. The van der Waals surface area contributed by atoms with E-state index in [4.69, 9.17) is 16.3 Å². The molecule has 0 bridgehead atoms. The molecule has 1 heterocycles. The molecule has 0 saturated heterocycles. The Bertz CT molecular complexity index is 637. The highest BCUT2D eigenvalue weighted by Gasteiger charge is 2.16. The van der Waals surface area contributed by atoms with Gasteiger partial charge in [-0.1, -0.05) is 11.6 Å². The number of nitrogens with one attached hydrogen (secondary N) is 1. The van der Waals surface area contributed by atoms with Crippen molar-refractivity contribution in [3.05, 3.63) is 35.1 Å². The van der Waals surface area contributed by atoms with Crippen molar-refractivity contribution in [2.75, 3.05) is 6.54 Å². The zero-order valence-corrected chi connectivity index (χ0v) is 13.5. The van der Waals surface area contributed by atoms with Crippen LogP contribution in [0.5, 0.6) is 0 Å². The predicted octanol–water partition coefficient (Wildman–Crippen LogP) is 2.38. The third kappa shape index (κ3) is 4.70. The monoisotopic (exact) mass is 323 g/mol. The molecule has 7 nitrogen and oxygen atoms in total. The second kappa shape index (κ2) is 6.74. The van der Waals surface area contributed by atoms with Crippen LogP contribution in [0.25, 0.3) is 5.69 Å². The Labute approximate surface area is 133 Å². The van der Waals surface area contributed by atoms with Gasteiger partial charge in [0.2, 0.25) is 0 Å². The lowest BCUT2D eigenvalue weighted by molar-refractivity contribution is 0.0528. The Morgan fingerprint density at radius 2 is 2.18 bits per heavy atom. The average Bonchev–Trinajstić information content (AvgIpc) is 2.90. The van der Waals surface area contributed by atoms with Crippen LogP contribution in [-0.2, 0) is 11.2 Å². The van der Waals surface area contributed by atoms with Gasteiger partial charge in [-0.25, -0.2) is 9.48 Å². The number of carbonyl (C=O) groups excluding carboxylic acids is 1. The number of benzene rings is 1. The van der Waals surface area contributed by atoms with E-state index in [1.807, 2.05) is 32.9 Å². The fourth-order valence-electron chi connectivity index (χ4n) is 1.86. The van der Waals surface area contributed by atoms with E-state index < -0.39 is 11.7 Å². The number of halogens is 1. The van der Waals surface area contributed by atoms with Gasteiger partial charge in [0.15, 0.2) is 0 Å². The second-order valence-electron chi connectivity index (χ2n) is 5.71. The van der Waals surface area contributed by atoms with E-state index in [0.717, 1.165) is 11.3 Å². The van der Waals surface area contributed by atoms with Crippen molar-refractivity contribution in [2.45, 2.75) is 32.8 Å². The summed E-state index contributed by atoms with van der Waals surface area (Å²) in [6.07, 6.45) is 1.64. The lowest BCUT2D eigenvalue weighted by Gasteiger charge is -2.19. The summed E-state index contributed by atoms with van der Waals surface area (Å²) in [5.74, 6) is 0. The van der Waals surface area contributed by atoms with E-state index in [1.165, 1.54) is 6.33 Å². The fourth-order valence-corrected chi connectivity index (χ4v) is 2.06. The number of hydrogen-bond donors (Lipinski definition) is 1. The Morgan fingerprint density at radius 3 is 2.82 bits per heavy atom. The molecule has 0 saturated carbocycles. The van der Waals surface area contributed by atoms with Crippen LogP contribution in [0.15, 0.2) is 24.5 Å². The van der Waals surface area contributed by atoms with Crippen LogP contribution in [0, 0.1) is 0 Å². The van der Waals surface area contributed by atoms with E-state index in [0.29, 0.717) is 18.0 Å². The number of rotatable bonds is 4. The molecule has 0 radical (unpaired) electrons. The van der Waals surface area contributed by atoms with Crippen molar-refractivity contribution in [2.24, 2.45) is 0 Å². The molecule has 1 N–H and O–H groups in total. The molecule has 2 aromatic rings. The van der Waals surface area contributed by atoms with Gasteiger partial charge in [-0.2, -0.15) is 0 Å². The summed E-state index contributed by atoms with van der Waals surface area (Å²) in [6, 6.07) is 5.43. The Hall–Kier alpha value is -2.15. The summed E-state index contributed by atoms with van der Waals surface area (Å²) in [5, 5.41) is 14.4. The Balaban J connectivity index is 2.01. The van der Waals surface area contributed by atoms with Gasteiger partial charge in [0.1, 0.15) is 11.9 Å². The van der Waals surface area contributed by atoms with Gasteiger partial charge in [0.05, 0.1) is 5.69 Å². The van der Waals surface area contributed by atoms with Crippen molar-refractivity contribution in [3.8, 4) is 5.69 Å². The van der Waals surface area contributed by atoms with Crippen LogP contribution < -0.4 is 5.32 Å². The minimum absolute atomic E-state index is 0.421. The maximum Gasteiger partial charge on any atom is 0.407 e. The van der Waals surface area contributed by atoms with E-state index in [9.17, 15) is 4.79 Å². The first-order chi connectivity index (χ1) is 10.3. The fraction of sp³-hybridized carbons (Fsp3) is 0.429. The van der Waals surface area contributed by atoms with Crippen molar-refractivity contribution in [1.29, 1.82) is 0 Å². The molecule has 0 aliphatic rings. The lowest BCUT2D eigenvalue weighted by atomic mass is 10.1. The summed E-state index contributed by atoms with van der Waals surface area (Å²) in [5.41, 5.74) is 1.23. The number of aromatic nitrogens is 4. The third-order valence-electron chi connectivity index (χ3n) is 2.70. The molecule has 118 valence electrons. The van der Waals surface area contributed by atoms with E-state index in [2.05, 4.69) is 20.8 Å². The van der Waals surface area contributed by atoms with Gasteiger partial charge in [0.25, 0.3) is 0 Å². The van der Waals surface area contributed by atoms with Gasteiger partial charge in [0, 0.05) is 11.6 Å². The standard InChI is InChI=1S/C14H18ClN5O2/c1-14(2,3)22-13(21)16-7-6-10-8-11(15)4-5-12(10)20-9-17-18-19-20/h4-5,8-9H,6-7H2,1-3H3,(H,16,21). The molecule has 0 fully saturated rings. The molecule has 1 amide bonds. The highest BCUT2D eigenvalue weighted by Crippen LogP contribution is 2.19. The first kappa shape index (κ1) is 16.2. The van der Waals surface area contributed by atoms with E-state index >= 15 is 0 Å². The minimum Gasteiger partial charge on any atom is -0.444 e. The predicted molar refractivity (Wildman–Crippen MR) is 82.1 cm³/mol. The van der Waals surface area contributed by atoms with Crippen LogP contribution in [0.2, 0.25) is 5.02 Å². The Morgan fingerprint density at radius 1 is 1.41 bits per heavy atom. The lowest BCUT2D eigenvalue weighted by Crippen LogP contribution is -2.33. The molecule has 0 aliphatic heterocycles. The topological polar surface area (TPSA) is 81.9 Å². The number of tetrazole rings is 1. The SMILES string of the molecule is CC(C)(C)OC(=O)NCCc1cc(Cl)ccc1-n1cnnn1. The first-order valence-electron chi connectivity index (χ1n) is 6.84. The molecule has 8 heteroatoms. The van der Waals surface area contributed by atoms with Crippen LogP contribution >= 0.6 is 11.6 Å². The summed E-state index contributed by atoms with van der Waals surface area (Å²) in [6.45, 7) is 5.88. The van der Waals surface area contributed by atoms with Gasteiger partial charge in [-0.15, -0.1) is 5.10 Å². The van der Waals surface area contributed by atoms with Crippen molar-refractivity contribution in [1.82, 2.24) is 25.5 Å². The molecule has 22 heavy (non-hydrogen) atoms. The van der Waals surface area contributed by atoms with Gasteiger partial charge in [-0.05, 0) is 61.4 Å². The third-order valence-corrected chi connectivity index (χ3v) is 2.94. The largest absolute Gasteiger partial charge is 0.444 e. The van der Waals surface area contributed by atoms with E-state index in [1.54, 1.807) is 10.7 Å². The van der Waals surface area contributed by atoms with Crippen molar-refractivity contribution in [3.63, 3.8) is 0 Å². The number of ether oxygens (including phenoxy) is 1. The molecule has 0 aliphatic carbocycles. The first-order valence-corrected chi connectivity index (χ1v) is 7.21. The highest BCUT2D eigenvalue weighted by molar-refractivity contribution is 6.30. The summed E-state index contributed by atoms with van der Waals surface area (Å²) < 4.78 is 6.74. The zero-order valence-electron chi connectivity index (χ0n) is 12.7. The maximum absolute atomic E-state index is 11.6. The highest BCUT2D eigenvalue weighted by atomic mass is 35.5. The Kier molecular flexibility index (Phi) is 4.97. The van der Waals surface area contributed by atoms with Crippen molar-refractivity contribution < 1.29 is 9.53 Å². The molecule has 0 unspecified atom stereocenters. The molecule has 0 spiro atoms. The number of alkyl carbamates (subject to hydrolysis) is 1. The second-order valence-corrected chi connectivity index (χ2v) is 6.14. The number of carbonyl (C=O) groups is 1. The van der Waals surface area contributed by atoms with Gasteiger partial charge >= 0.3 is 6.09 Å². The molecular formula is C14H18ClN5O2. The summed E-state index contributed by atoms with van der Waals surface area (Å²) >= 11 is 6.03. The molecular weight excluding hydrogens is 306 g/mol. The van der Waals surface area contributed by atoms with Crippen LogP contribution in [-0.4, -0.2) is 38.4 Å². The van der Waals surface area contributed by atoms with E-state index in [-0.39, 0.29) is 0 Å². The smallest absolute Gasteiger partial charge is 0.407 e. The quantitative estimate of drug-likeness (QED) is 0.934. The molecule has 1 aromatic carbocycles. The summed E-state index contributed by atoms with van der Waals surface area (Å²) in [7, 11) is 0. The van der Waals surface area contributed by atoms with Gasteiger partial charge in [-0.3, -0.25) is 0 Å². The number of amides is 1. The van der Waals surface area contributed by atoms with Crippen LogP contribution in [0.3, 0.4) is 0 Å². The number of nitrogens with zero attached hydrogens (tertiary/aromatic N) is 4. The minimum atomic E-state index is -0.516. The van der Waals surface area contributed by atoms with Gasteiger partial charge < -0.3 is 10.1 Å². The average molecular weight is 324 g/mol. The number of hydrogen-bond acceptors (Lipinski definition) is 5. The zero-order chi connectivity index (χ0) is 16.2. The van der Waals surface area contributed by atoms with Crippen molar-refractivity contribution >= 4 is 17.7 Å². The molecule has 2 rings (SSSR count). The maximum atomic E-state index is 11.6. The molecule has 1 aromatic heterocycles. The molecule has 0 atom stereocenters. The van der Waals surface area contributed by atoms with Crippen LogP contribution in [0.1, 0.15) is 26.3 Å². The van der Waals surface area contributed by atoms with Crippen LogP contribution in [0.4, 0.5) is 4.79 Å².